The van der Waals surface area contributed by atoms with E-state index in [0.717, 1.165) is 18.2 Å². The van der Waals surface area contributed by atoms with Gasteiger partial charge in [0.05, 0.1) is 19.8 Å². The second-order valence-corrected chi connectivity index (χ2v) is 14.2. The van der Waals surface area contributed by atoms with Crippen molar-refractivity contribution in [3.8, 4) is 40.2 Å². The average molecular weight is 889 g/mol. The van der Waals surface area contributed by atoms with Crippen molar-refractivity contribution in [2.24, 2.45) is 0 Å². The molecule has 3 aromatic rings. The summed E-state index contributed by atoms with van der Waals surface area (Å²) in [6, 6.07) is 10.8. The smallest absolute Gasteiger partial charge is 0.330 e. The molecule has 0 aromatic heterocycles. The van der Waals surface area contributed by atoms with Gasteiger partial charge in [0, 0.05) is 23.8 Å². The summed E-state index contributed by atoms with van der Waals surface area (Å²) in [4.78, 5) is 35.3. The number of carboxylic acid groups (broad SMARTS) is 1. The Bertz CT molecular complexity index is 2160. The number of rotatable bonds is 15. The molecule has 10 N–H and O–H groups in total. The summed E-state index contributed by atoms with van der Waals surface area (Å²) in [6.45, 7) is -1.41. The molecule has 3 aliphatic heterocycles. The van der Waals surface area contributed by atoms with Gasteiger partial charge in [0.1, 0.15) is 97.2 Å². The molecule has 3 aliphatic rings. The van der Waals surface area contributed by atoms with Gasteiger partial charge in [-0.2, -0.15) is 0 Å². The third kappa shape index (κ3) is 10.6. The van der Waals surface area contributed by atoms with Crippen molar-refractivity contribution in [3.05, 3.63) is 77.1 Å². The van der Waals surface area contributed by atoms with E-state index in [-0.39, 0.29) is 51.4 Å². The van der Waals surface area contributed by atoms with E-state index in [4.69, 9.17) is 47.7 Å². The van der Waals surface area contributed by atoms with Crippen LogP contribution in [0.1, 0.15) is 29.2 Å². The highest BCUT2D eigenvalue weighted by atomic mass is 16.7. The van der Waals surface area contributed by atoms with Gasteiger partial charge in [-0.25, -0.2) is 4.79 Å². The number of hydrogen-bond acceptors (Lipinski definition) is 21. The average Bonchev–Trinajstić information content (AvgIpc) is 3.25. The third-order valence-electron chi connectivity index (χ3n) is 9.91. The molecule has 340 valence electrons. The van der Waals surface area contributed by atoms with E-state index >= 15 is 0 Å². The van der Waals surface area contributed by atoms with Crippen molar-refractivity contribution < 1.29 is 108 Å². The summed E-state index contributed by atoms with van der Waals surface area (Å²) in [6.07, 6.45) is -16.8. The molecule has 63 heavy (non-hydrogen) atoms. The van der Waals surface area contributed by atoms with Gasteiger partial charge in [-0.3, -0.25) is 9.59 Å². The summed E-state index contributed by atoms with van der Waals surface area (Å²) in [5, 5.41) is 105. The number of aliphatic hydroxyl groups is 6. The second kappa shape index (κ2) is 19.8. The van der Waals surface area contributed by atoms with Gasteiger partial charge in [0.15, 0.2) is 17.6 Å². The quantitative estimate of drug-likeness (QED) is 0.0526. The Labute approximate surface area is 356 Å². The van der Waals surface area contributed by atoms with E-state index in [1.54, 1.807) is 0 Å². The Morgan fingerprint density at radius 2 is 1.25 bits per heavy atom. The Hall–Kier alpha value is -6.37. The van der Waals surface area contributed by atoms with Gasteiger partial charge >= 0.3 is 17.9 Å². The van der Waals surface area contributed by atoms with E-state index in [0.29, 0.717) is 5.56 Å². The molecule has 0 saturated carbocycles. The highest BCUT2D eigenvalue weighted by molar-refractivity contribution is 5.90. The molecular formula is C41H44O22. The van der Waals surface area contributed by atoms with E-state index in [1.165, 1.54) is 62.8 Å². The van der Waals surface area contributed by atoms with Crippen LogP contribution in [0.25, 0.3) is 12.2 Å². The van der Waals surface area contributed by atoms with Gasteiger partial charge in [0.2, 0.25) is 18.3 Å². The Morgan fingerprint density at radius 1 is 0.683 bits per heavy atom. The molecule has 22 heteroatoms. The zero-order valence-electron chi connectivity index (χ0n) is 33.2. The molecule has 0 spiro atoms. The van der Waals surface area contributed by atoms with Gasteiger partial charge in [-0.1, -0.05) is 12.1 Å². The van der Waals surface area contributed by atoms with Gasteiger partial charge in [-0.15, -0.1) is 0 Å². The van der Waals surface area contributed by atoms with Crippen LogP contribution in [-0.2, 0) is 38.1 Å². The number of esters is 2. The van der Waals surface area contributed by atoms with Crippen molar-refractivity contribution in [1.82, 2.24) is 0 Å². The van der Waals surface area contributed by atoms with Crippen LogP contribution in [0.5, 0.6) is 40.2 Å². The molecule has 2 fully saturated rings. The normalized spacial score (nSPS) is 27.9. The Morgan fingerprint density at radius 3 is 1.83 bits per heavy atom. The molecule has 3 heterocycles. The molecule has 0 bridgehead atoms. The van der Waals surface area contributed by atoms with E-state index in [2.05, 4.69) is 0 Å². The van der Waals surface area contributed by atoms with Crippen LogP contribution >= 0.6 is 0 Å². The monoisotopic (exact) mass is 888 g/mol. The van der Waals surface area contributed by atoms with Crippen molar-refractivity contribution in [2.45, 2.75) is 73.9 Å². The number of ether oxygens (including phenoxy) is 9. The maximum absolute atomic E-state index is 12.6. The fourth-order valence-electron chi connectivity index (χ4n) is 6.59. The van der Waals surface area contributed by atoms with Gasteiger partial charge in [-0.05, 0) is 42.0 Å². The van der Waals surface area contributed by atoms with Crippen LogP contribution < -0.4 is 18.9 Å². The maximum Gasteiger partial charge on any atom is 0.330 e. The van der Waals surface area contributed by atoms with Crippen LogP contribution in [0.2, 0.25) is 0 Å². The van der Waals surface area contributed by atoms with Crippen molar-refractivity contribution in [2.75, 3.05) is 27.4 Å². The van der Waals surface area contributed by atoms with Gasteiger partial charge in [0.25, 0.3) is 0 Å². The van der Waals surface area contributed by atoms with Crippen molar-refractivity contribution in [3.63, 3.8) is 0 Å². The van der Waals surface area contributed by atoms with E-state index < -0.39 is 111 Å². The fraction of sp³-hybridized carbons (Fsp3) is 0.390. The number of benzene rings is 3. The van der Waals surface area contributed by atoms with Crippen molar-refractivity contribution in [1.29, 1.82) is 0 Å². The lowest BCUT2D eigenvalue weighted by molar-refractivity contribution is -0.294. The molecule has 0 amide bonds. The van der Waals surface area contributed by atoms with Crippen LogP contribution in [0.15, 0.2) is 60.4 Å². The number of fused-ring (bicyclic) bond motifs is 1. The van der Waals surface area contributed by atoms with E-state index in [9.17, 15) is 60.3 Å². The molecule has 0 radical (unpaired) electrons. The number of hydrogen-bond donors (Lipinski definition) is 10. The molecule has 22 nitrogen and oxygen atoms in total. The lowest BCUT2D eigenvalue weighted by Gasteiger charge is -2.41. The number of aliphatic hydroxyl groups excluding tert-OH is 6. The first kappa shape index (κ1) is 46.1. The second-order valence-electron chi connectivity index (χ2n) is 14.2. The predicted molar refractivity (Wildman–Crippen MR) is 207 cm³/mol. The van der Waals surface area contributed by atoms with Crippen molar-refractivity contribution >= 4 is 30.1 Å². The molecule has 0 aliphatic carbocycles. The topological polar surface area (TPSA) is 337 Å². The zero-order valence-corrected chi connectivity index (χ0v) is 33.2. The number of carbonyl (C=O) groups is 3. The lowest BCUT2D eigenvalue weighted by atomic mass is 9.98. The third-order valence-corrected chi connectivity index (χ3v) is 9.91. The van der Waals surface area contributed by atoms with Crippen LogP contribution in [-0.4, -0.2) is 158 Å². The summed E-state index contributed by atoms with van der Waals surface area (Å²) in [7, 11) is 2.53. The molecule has 11 unspecified atom stereocenters. The first-order valence-electron chi connectivity index (χ1n) is 18.9. The summed E-state index contributed by atoms with van der Waals surface area (Å²) < 4.78 is 50.5. The standard InChI is InChI=1S/C41H44O22/c1-55-24-9-18(10-25(56-2)32(24)48)39-26(61-41-38(54)36(52)33(49)27(63-41)15-57-30(46)8-5-17-3-6-19(42)7-4-17)13-21-22(59-39)11-20(43)12-23(21)60-40-37(53)35(51)34(50)28(62-40)16-58-31(47)14-29(44)45/h3-13,27-28,33-43,48-54H,14-16H2,1-2H3,(H,44,45). The number of aromatic hydroxyl groups is 3. The Kier molecular flexibility index (Phi) is 14.5. The maximum atomic E-state index is 12.6. The Balaban J connectivity index is 1.31. The number of phenolic OH excluding ortho intramolecular Hbond substituents is 3. The summed E-state index contributed by atoms with van der Waals surface area (Å²) >= 11 is 0. The molecule has 11 atom stereocenters. The minimum Gasteiger partial charge on any atom is -0.508 e. The lowest BCUT2D eigenvalue weighted by Crippen LogP contribution is -2.60. The number of phenols is 3. The molecule has 6 rings (SSSR count). The minimum atomic E-state index is -1.97. The number of methoxy groups -OCH3 is 2. The predicted octanol–water partition coefficient (Wildman–Crippen LogP) is -0.420. The summed E-state index contributed by atoms with van der Waals surface area (Å²) in [5.41, 5.74) is 0.677. The summed E-state index contributed by atoms with van der Waals surface area (Å²) in [5.74, 6) is -5.23. The number of carbonyl (C=O) groups excluding carboxylic acids is 2. The fourth-order valence-corrected chi connectivity index (χ4v) is 6.59. The van der Waals surface area contributed by atoms with E-state index in [1.807, 2.05) is 0 Å². The first-order valence-corrected chi connectivity index (χ1v) is 18.9. The number of aliphatic carboxylic acids is 1. The number of carboxylic acids is 1. The van der Waals surface area contributed by atoms with Crippen LogP contribution in [0.4, 0.5) is 0 Å². The molecule has 2 saturated heterocycles. The first-order chi connectivity index (χ1) is 30.0. The molecular weight excluding hydrogens is 844 g/mol. The highest BCUT2D eigenvalue weighted by Crippen LogP contribution is 2.48. The minimum absolute atomic E-state index is 0.0160. The SMILES string of the molecule is COc1cc(C2Oc3cc(O)cc(OC4OC(COC(=O)CC(=O)O)C(O)C(O)C4O)c3C=C2OC2OC(COC(=O)C=Cc3ccc(O)cc3)C(O)C(O)C2O)cc(OC)c1O. The van der Waals surface area contributed by atoms with Gasteiger partial charge < -0.3 is 93.7 Å². The highest BCUT2D eigenvalue weighted by Gasteiger charge is 2.48. The van der Waals surface area contributed by atoms with Crippen LogP contribution in [0, 0.1) is 0 Å². The van der Waals surface area contributed by atoms with Crippen LogP contribution in [0.3, 0.4) is 0 Å². The largest absolute Gasteiger partial charge is 0.508 e. The zero-order chi connectivity index (χ0) is 45.7. The molecule has 3 aromatic carbocycles.